The summed E-state index contributed by atoms with van der Waals surface area (Å²) >= 11 is -0.106. The number of nitrogens with zero attached hydrogens (tertiary/aromatic N) is 1. The third-order valence-corrected chi connectivity index (χ3v) is 8.42. The van der Waals surface area contributed by atoms with Crippen LogP contribution in [0.15, 0.2) is 24.3 Å². The van der Waals surface area contributed by atoms with Gasteiger partial charge in [0.1, 0.15) is 7.14 Å². The standard InChI is InChI=1S/C16H28NOP.2ClH.Pd/c1-15(2,3)19(18,16(4,5)6)14-11-9-13(10-12-14)17(7)8;;;/h9-12H,1-8H3;2*1H;/q;;;+2/p-2. The summed E-state index contributed by atoms with van der Waals surface area (Å²) < 4.78 is 13.7. The van der Waals surface area contributed by atoms with Crippen molar-refractivity contribution >= 4 is 37.2 Å². The Bertz CT molecular complexity index is 486. The molecule has 0 radical (unpaired) electrons. The van der Waals surface area contributed by atoms with Gasteiger partial charge in [-0.05, 0) is 24.3 Å². The molecule has 0 aliphatic carbocycles. The van der Waals surface area contributed by atoms with Crippen LogP contribution in [0.3, 0.4) is 0 Å². The van der Waals surface area contributed by atoms with E-state index in [1.165, 1.54) is 0 Å². The molecule has 0 heterocycles. The van der Waals surface area contributed by atoms with E-state index >= 15 is 0 Å². The molecule has 0 unspecified atom stereocenters. The van der Waals surface area contributed by atoms with E-state index in [-0.39, 0.29) is 26.3 Å². The van der Waals surface area contributed by atoms with E-state index in [1.807, 2.05) is 26.2 Å². The summed E-state index contributed by atoms with van der Waals surface area (Å²) in [5.74, 6) is 0. The van der Waals surface area contributed by atoms with Gasteiger partial charge in [-0.15, -0.1) is 0 Å². The second kappa shape index (κ2) is 8.55. The van der Waals surface area contributed by atoms with Crippen LogP contribution >= 0.6 is 26.2 Å². The summed E-state index contributed by atoms with van der Waals surface area (Å²) in [7, 11) is 11.2. The number of hydrogen-bond donors (Lipinski definition) is 0. The Morgan fingerprint density at radius 1 is 0.909 bits per heavy atom. The van der Waals surface area contributed by atoms with Crippen molar-refractivity contribution in [3.8, 4) is 0 Å². The first kappa shape index (κ1) is 22.5. The van der Waals surface area contributed by atoms with Gasteiger partial charge in [-0.25, -0.2) is 0 Å². The maximum absolute atomic E-state index is 13.7. The van der Waals surface area contributed by atoms with Gasteiger partial charge in [0.25, 0.3) is 0 Å². The molecule has 22 heavy (non-hydrogen) atoms. The zero-order valence-electron chi connectivity index (χ0n) is 14.7. The molecule has 132 valence electrons. The fraction of sp³-hybridized carbons (Fsp3) is 0.625. The van der Waals surface area contributed by atoms with Crippen molar-refractivity contribution < 1.29 is 20.5 Å². The van der Waals surface area contributed by atoms with Crippen LogP contribution in [-0.2, 0) is 20.5 Å². The van der Waals surface area contributed by atoms with Crippen LogP contribution in [0.1, 0.15) is 41.5 Å². The summed E-state index contributed by atoms with van der Waals surface area (Å²) in [5.41, 5.74) is 1.14. The van der Waals surface area contributed by atoms with Gasteiger partial charge < -0.3 is 9.46 Å². The molecular formula is C16H28Cl2NOPPd. The summed E-state index contributed by atoms with van der Waals surface area (Å²) in [6.07, 6.45) is 0. The fourth-order valence-electron chi connectivity index (χ4n) is 2.74. The number of hydrogen-bond acceptors (Lipinski definition) is 2. The normalized spacial score (nSPS) is 12.6. The van der Waals surface area contributed by atoms with E-state index in [4.69, 9.17) is 19.1 Å². The van der Waals surface area contributed by atoms with Crippen molar-refractivity contribution in [1.82, 2.24) is 0 Å². The molecule has 2 nitrogen and oxygen atoms in total. The monoisotopic (exact) mass is 457 g/mol. The van der Waals surface area contributed by atoms with E-state index in [9.17, 15) is 4.57 Å². The van der Waals surface area contributed by atoms with Crippen LogP contribution in [0.2, 0.25) is 0 Å². The molecule has 0 aromatic heterocycles. The second-order valence-corrected chi connectivity index (χ2v) is 14.2. The second-order valence-electron chi connectivity index (χ2n) is 7.41. The number of halogens is 2. The molecule has 1 rings (SSSR count). The van der Waals surface area contributed by atoms with E-state index in [0.717, 1.165) is 11.0 Å². The van der Waals surface area contributed by atoms with Crippen LogP contribution in [0.5, 0.6) is 0 Å². The van der Waals surface area contributed by atoms with E-state index in [1.54, 1.807) is 0 Å². The average Bonchev–Trinajstić information content (AvgIpc) is 2.36. The molecule has 0 amide bonds. The van der Waals surface area contributed by atoms with Crippen LogP contribution in [0.4, 0.5) is 5.69 Å². The zero-order valence-corrected chi connectivity index (χ0v) is 18.6. The van der Waals surface area contributed by atoms with Crippen molar-refractivity contribution in [2.45, 2.75) is 51.9 Å². The van der Waals surface area contributed by atoms with Gasteiger partial charge in [0.15, 0.2) is 0 Å². The Morgan fingerprint density at radius 2 is 1.23 bits per heavy atom. The Kier molecular flexibility index (Phi) is 8.74. The van der Waals surface area contributed by atoms with Crippen molar-refractivity contribution in [1.29, 1.82) is 0 Å². The van der Waals surface area contributed by atoms with Gasteiger partial charge in [-0.3, -0.25) is 0 Å². The SMILES string of the molecule is CN(C)c1ccc(P(=O)(C(C)(C)C)C(C)(C)C)cc1.[Cl][Pd][Cl]. The van der Waals surface area contributed by atoms with E-state index < -0.39 is 7.14 Å². The Morgan fingerprint density at radius 3 is 1.45 bits per heavy atom. The molecule has 0 spiro atoms. The third-order valence-electron chi connectivity index (χ3n) is 3.62. The zero-order chi connectivity index (χ0) is 17.8. The Labute approximate surface area is 152 Å². The average molecular weight is 459 g/mol. The molecule has 0 N–H and O–H groups in total. The van der Waals surface area contributed by atoms with E-state index in [2.05, 4.69) is 58.6 Å². The van der Waals surface area contributed by atoms with Crippen molar-refractivity contribution in [3.05, 3.63) is 24.3 Å². The van der Waals surface area contributed by atoms with Gasteiger partial charge in [-0.1, -0.05) is 41.5 Å². The molecule has 0 atom stereocenters. The molecule has 0 saturated heterocycles. The van der Waals surface area contributed by atoms with Crippen LogP contribution < -0.4 is 10.2 Å². The molecule has 0 aliphatic rings. The first-order chi connectivity index (χ1) is 9.82. The van der Waals surface area contributed by atoms with Gasteiger partial charge in [0, 0.05) is 35.4 Å². The Hall–Kier alpha value is 0.492. The van der Waals surface area contributed by atoms with Gasteiger partial charge >= 0.3 is 35.0 Å². The first-order valence-electron chi connectivity index (χ1n) is 7.03. The number of anilines is 1. The molecule has 1 aromatic carbocycles. The fourth-order valence-corrected chi connectivity index (χ4v) is 6.87. The summed E-state index contributed by atoms with van der Waals surface area (Å²) in [5, 5.41) is 0.522. The molecule has 0 fully saturated rings. The number of rotatable bonds is 2. The Balaban J connectivity index is 0.00000135. The summed E-state index contributed by atoms with van der Waals surface area (Å²) in [6, 6.07) is 8.18. The number of benzene rings is 1. The van der Waals surface area contributed by atoms with E-state index in [0.29, 0.717) is 0 Å². The minimum absolute atomic E-state index is 0.106. The van der Waals surface area contributed by atoms with Crippen molar-refractivity contribution in [3.63, 3.8) is 0 Å². The molecule has 0 saturated carbocycles. The summed E-state index contributed by atoms with van der Waals surface area (Å²) in [6.45, 7) is 12.5. The quantitative estimate of drug-likeness (QED) is 0.418. The molecule has 0 bridgehead atoms. The van der Waals surface area contributed by atoms with Crippen molar-refractivity contribution in [2.75, 3.05) is 19.0 Å². The van der Waals surface area contributed by atoms with Gasteiger partial charge in [0.05, 0.1) is 0 Å². The van der Waals surface area contributed by atoms with Crippen LogP contribution in [-0.4, -0.2) is 24.4 Å². The van der Waals surface area contributed by atoms with Gasteiger partial charge in [0.2, 0.25) is 0 Å². The topological polar surface area (TPSA) is 20.3 Å². The molecular weight excluding hydrogens is 430 g/mol. The maximum atomic E-state index is 13.7. The predicted octanol–water partition coefficient (Wildman–Crippen LogP) is 5.71. The van der Waals surface area contributed by atoms with Crippen LogP contribution in [0.25, 0.3) is 0 Å². The van der Waals surface area contributed by atoms with Crippen molar-refractivity contribution in [2.24, 2.45) is 0 Å². The third kappa shape index (κ3) is 5.25. The first-order valence-corrected chi connectivity index (χ1v) is 12.7. The summed E-state index contributed by atoms with van der Waals surface area (Å²) in [4.78, 5) is 2.06. The predicted molar refractivity (Wildman–Crippen MR) is 99.2 cm³/mol. The molecule has 0 aliphatic heterocycles. The molecule has 6 heteroatoms. The molecule has 1 aromatic rings. The van der Waals surface area contributed by atoms with Gasteiger partial charge in [-0.2, -0.15) is 0 Å². The minimum atomic E-state index is -2.51. The van der Waals surface area contributed by atoms with Crippen LogP contribution in [0, 0.1) is 0 Å².